The number of rotatable bonds is 4. The first-order chi connectivity index (χ1) is 12.0. The van der Waals surface area contributed by atoms with Crippen molar-refractivity contribution in [1.82, 2.24) is 0 Å². The van der Waals surface area contributed by atoms with Crippen molar-refractivity contribution in [1.29, 1.82) is 0 Å². The van der Waals surface area contributed by atoms with Gasteiger partial charge in [0.1, 0.15) is 17.3 Å². The summed E-state index contributed by atoms with van der Waals surface area (Å²) in [6.07, 6.45) is 3.46. The van der Waals surface area contributed by atoms with Crippen molar-refractivity contribution in [3.63, 3.8) is 0 Å². The van der Waals surface area contributed by atoms with Crippen LogP contribution in [0.2, 0.25) is 0 Å². The first-order valence-electron chi connectivity index (χ1n) is 7.35. The Hall–Kier alpha value is -2.05. The van der Waals surface area contributed by atoms with Crippen LogP contribution in [0, 0.1) is 0 Å². The van der Waals surface area contributed by atoms with E-state index in [2.05, 4.69) is 31.9 Å². The Kier molecular flexibility index (Phi) is 5.30. The second-order valence-electron chi connectivity index (χ2n) is 5.23. The van der Waals surface area contributed by atoms with Gasteiger partial charge in [0, 0.05) is 21.7 Å². The third-order valence-corrected chi connectivity index (χ3v) is 4.82. The highest BCUT2D eigenvalue weighted by atomic mass is 79.9. The van der Waals surface area contributed by atoms with E-state index in [0.717, 1.165) is 20.1 Å². The predicted molar refractivity (Wildman–Crippen MR) is 103 cm³/mol. The van der Waals surface area contributed by atoms with Crippen LogP contribution in [-0.4, -0.2) is 20.2 Å². The minimum atomic E-state index is -0.396. The average Bonchev–Trinajstić information content (AvgIpc) is 2.96. The molecule has 0 spiro atoms. The van der Waals surface area contributed by atoms with Gasteiger partial charge in [0.2, 0.25) is 0 Å². The van der Waals surface area contributed by atoms with E-state index < -0.39 is 5.97 Å². The van der Waals surface area contributed by atoms with Crippen LogP contribution in [0.1, 0.15) is 11.1 Å². The van der Waals surface area contributed by atoms with Gasteiger partial charge in [-0.25, -0.2) is 4.79 Å². The summed E-state index contributed by atoms with van der Waals surface area (Å²) in [5, 5.41) is 0. The van der Waals surface area contributed by atoms with Crippen LogP contribution in [0.5, 0.6) is 11.5 Å². The molecule has 0 unspecified atom stereocenters. The molecule has 1 aliphatic heterocycles. The number of methoxy groups -OCH3 is 2. The smallest absolute Gasteiger partial charge is 0.343 e. The topological polar surface area (TPSA) is 44.8 Å². The molecular weight excluding hydrogens is 452 g/mol. The lowest BCUT2D eigenvalue weighted by atomic mass is 10.1. The Morgan fingerprint density at radius 3 is 2.32 bits per heavy atom. The number of ether oxygens (including phenoxy) is 3. The lowest BCUT2D eigenvalue weighted by Gasteiger charge is -2.10. The summed E-state index contributed by atoms with van der Waals surface area (Å²) in [7, 11) is 3.15. The summed E-state index contributed by atoms with van der Waals surface area (Å²) in [4.78, 5) is 12.2. The maximum atomic E-state index is 12.2. The molecule has 0 aromatic heterocycles. The molecule has 0 fully saturated rings. The van der Waals surface area contributed by atoms with Gasteiger partial charge < -0.3 is 14.2 Å². The SMILES string of the molecule is COc1cc(OC)c(/C=C2\C=C(c3ccc(Br)cc3)OC2=O)cc1Br. The third kappa shape index (κ3) is 3.80. The number of halogens is 2. The van der Waals surface area contributed by atoms with Crippen LogP contribution in [0.15, 0.2) is 57.0 Å². The highest BCUT2D eigenvalue weighted by Gasteiger charge is 2.22. The van der Waals surface area contributed by atoms with E-state index in [-0.39, 0.29) is 0 Å². The van der Waals surface area contributed by atoms with Crippen LogP contribution in [-0.2, 0) is 9.53 Å². The summed E-state index contributed by atoms with van der Waals surface area (Å²) in [5.41, 5.74) is 2.03. The third-order valence-electron chi connectivity index (χ3n) is 3.67. The van der Waals surface area contributed by atoms with E-state index in [1.807, 2.05) is 30.3 Å². The largest absolute Gasteiger partial charge is 0.496 e. The Balaban J connectivity index is 1.99. The number of carbonyl (C=O) groups is 1. The number of hydrogen-bond acceptors (Lipinski definition) is 4. The molecular formula is C19H14Br2O4. The van der Waals surface area contributed by atoms with Crippen LogP contribution >= 0.6 is 31.9 Å². The van der Waals surface area contributed by atoms with Gasteiger partial charge in [-0.05, 0) is 46.3 Å². The van der Waals surface area contributed by atoms with Gasteiger partial charge in [-0.1, -0.05) is 28.1 Å². The van der Waals surface area contributed by atoms with Crippen molar-refractivity contribution < 1.29 is 19.0 Å². The molecule has 0 radical (unpaired) electrons. The second-order valence-corrected chi connectivity index (χ2v) is 7.00. The molecule has 0 N–H and O–H groups in total. The maximum absolute atomic E-state index is 12.2. The first-order valence-corrected chi connectivity index (χ1v) is 8.93. The zero-order valence-electron chi connectivity index (χ0n) is 13.5. The zero-order valence-corrected chi connectivity index (χ0v) is 16.7. The molecule has 0 amide bonds. The molecule has 4 nitrogen and oxygen atoms in total. The normalized spacial score (nSPS) is 15.1. The van der Waals surface area contributed by atoms with Crippen molar-refractivity contribution >= 4 is 49.7 Å². The molecule has 2 aromatic carbocycles. The Morgan fingerprint density at radius 1 is 1.00 bits per heavy atom. The molecule has 0 bridgehead atoms. The Bertz CT molecular complexity index is 883. The summed E-state index contributed by atoms with van der Waals surface area (Å²) in [6.45, 7) is 0. The highest BCUT2D eigenvalue weighted by Crippen LogP contribution is 2.35. The van der Waals surface area contributed by atoms with Crippen LogP contribution in [0.4, 0.5) is 0 Å². The van der Waals surface area contributed by atoms with Crippen molar-refractivity contribution in [2.75, 3.05) is 14.2 Å². The number of hydrogen-bond donors (Lipinski definition) is 0. The molecule has 1 heterocycles. The summed E-state index contributed by atoms with van der Waals surface area (Å²) in [5.74, 6) is 1.38. The van der Waals surface area contributed by atoms with Gasteiger partial charge in [-0.2, -0.15) is 0 Å². The standard InChI is InChI=1S/C19H14Br2O4/c1-23-16-10-18(24-2)15(21)8-12(16)7-13-9-17(25-19(13)22)11-3-5-14(20)6-4-11/h3-10H,1-2H3/b13-7+. The van der Waals surface area contributed by atoms with Gasteiger partial charge in [-0.3, -0.25) is 0 Å². The van der Waals surface area contributed by atoms with Gasteiger partial charge in [0.15, 0.2) is 0 Å². The number of benzene rings is 2. The molecule has 2 aromatic rings. The number of cyclic esters (lactones) is 1. The van der Waals surface area contributed by atoms with E-state index in [4.69, 9.17) is 14.2 Å². The van der Waals surface area contributed by atoms with E-state index in [9.17, 15) is 4.79 Å². The molecule has 128 valence electrons. The maximum Gasteiger partial charge on any atom is 0.343 e. The van der Waals surface area contributed by atoms with Gasteiger partial charge in [0.05, 0.1) is 24.3 Å². The van der Waals surface area contributed by atoms with Crippen LogP contribution in [0.25, 0.3) is 11.8 Å². The first kappa shape index (κ1) is 17.8. The molecule has 25 heavy (non-hydrogen) atoms. The fraction of sp³-hybridized carbons (Fsp3) is 0.105. The predicted octanol–water partition coefficient (Wildman–Crippen LogP) is 5.21. The average molecular weight is 466 g/mol. The molecule has 0 aliphatic carbocycles. The van der Waals surface area contributed by atoms with Crippen molar-refractivity contribution in [2.45, 2.75) is 0 Å². The van der Waals surface area contributed by atoms with Gasteiger partial charge in [0.25, 0.3) is 0 Å². The number of esters is 1. The van der Waals surface area contributed by atoms with Crippen molar-refractivity contribution in [2.24, 2.45) is 0 Å². The minimum Gasteiger partial charge on any atom is -0.496 e. The minimum absolute atomic E-state index is 0.396. The van der Waals surface area contributed by atoms with Gasteiger partial charge >= 0.3 is 5.97 Å². The molecule has 6 heteroatoms. The molecule has 1 aliphatic rings. The quantitative estimate of drug-likeness (QED) is 0.459. The monoisotopic (exact) mass is 464 g/mol. The fourth-order valence-corrected chi connectivity index (χ4v) is 3.20. The van der Waals surface area contributed by atoms with E-state index >= 15 is 0 Å². The Labute approximate surface area is 162 Å². The van der Waals surface area contributed by atoms with E-state index in [0.29, 0.717) is 22.8 Å². The van der Waals surface area contributed by atoms with Crippen LogP contribution in [0.3, 0.4) is 0 Å². The van der Waals surface area contributed by atoms with Crippen molar-refractivity contribution in [3.8, 4) is 11.5 Å². The van der Waals surface area contributed by atoms with Crippen molar-refractivity contribution in [3.05, 3.63) is 68.1 Å². The second kappa shape index (κ2) is 7.45. The summed E-state index contributed by atoms with van der Waals surface area (Å²) in [6, 6.07) is 11.2. The fourth-order valence-electron chi connectivity index (χ4n) is 2.41. The lowest BCUT2D eigenvalue weighted by Crippen LogP contribution is -1.98. The number of carbonyl (C=O) groups excluding carboxylic acids is 1. The zero-order chi connectivity index (χ0) is 18.0. The van der Waals surface area contributed by atoms with E-state index in [1.54, 1.807) is 32.4 Å². The molecule has 0 saturated carbocycles. The van der Waals surface area contributed by atoms with Gasteiger partial charge in [-0.15, -0.1) is 0 Å². The molecule has 0 saturated heterocycles. The van der Waals surface area contributed by atoms with E-state index in [1.165, 1.54) is 0 Å². The Morgan fingerprint density at radius 2 is 1.68 bits per heavy atom. The highest BCUT2D eigenvalue weighted by molar-refractivity contribution is 9.10. The molecule has 0 atom stereocenters. The summed E-state index contributed by atoms with van der Waals surface area (Å²) >= 11 is 6.83. The van der Waals surface area contributed by atoms with Crippen LogP contribution < -0.4 is 9.47 Å². The summed E-state index contributed by atoms with van der Waals surface area (Å²) < 4.78 is 17.8. The lowest BCUT2D eigenvalue weighted by molar-refractivity contribution is -0.130. The molecule has 3 rings (SSSR count).